The average Bonchev–Trinajstić information content (AvgIpc) is 2.83. The van der Waals surface area contributed by atoms with Gasteiger partial charge in [-0.15, -0.1) is 0 Å². The molecule has 0 bridgehead atoms. The Balaban J connectivity index is 1.56. The Hall–Kier alpha value is -2.97. The number of carbonyl (C=O) groups excluding carboxylic acids is 2. The van der Waals surface area contributed by atoms with Gasteiger partial charge >= 0.3 is 0 Å². The lowest BCUT2D eigenvalue weighted by Gasteiger charge is -2.31. The number of benzene rings is 2. The SMILES string of the molecule is CCNS(=O)(=O)c1ccc(C=CC(=O)Nc2ccc(C(=O)N(C)C3CCCCC3)cc2)cc1. The minimum absolute atomic E-state index is 0.000676. The van der Waals surface area contributed by atoms with E-state index in [-0.39, 0.29) is 16.7 Å². The molecule has 0 aliphatic heterocycles. The maximum Gasteiger partial charge on any atom is 0.253 e. The lowest BCUT2D eigenvalue weighted by Crippen LogP contribution is -2.38. The smallest absolute Gasteiger partial charge is 0.253 e. The van der Waals surface area contributed by atoms with Gasteiger partial charge in [0.25, 0.3) is 5.91 Å². The number of carbonyl (C=O) groups is 2. The first-order chi connectivity index (χ1) is 15.8. The molecule has 0 spiro atoms. The molecule has 2 amide bonds. The van der Waals surface area contributed by atoms with E-state index in [9.17, 15) is 18.0 Å². The van der Waals surface area contributed by atoms with Gasteiger partial charge in [-0.25, -0.2) is 13.1 Å². The summed E-state index contributed by atoms with van der Waals surface area (Å²) in [7, 11) is -1.64. The normalized spacial score (nSPS) is 14.8. The molecule has 176 valence electrons. The second-order valence-corrected chi connectivity index (χ2v) is 9.95. The summed E-state index contributed by atoms with van der Waals surface area (Å²) in [5.41, 5.74) is 1.89. The van der Waals surface area contributed by atoms with Crippen molar-refractivity contribution in [1.82, 2.24) is 9.62 Å². The summed E-state index contributed by atoms with van der Waals surface area (Å²) < 4.78 is 26.4. The number of amides is 2. The van der Waals surface area contributed by atoms with Crippen molar-refractivity contribution in [3.63, 3.8) is 0 Å². The predicted molar refractivity (Wildman–Crippen MR) is 130 cm³/mol. The van der Waals surface area contributed by atoms with Gasteiger partial charge in [0.15, 0.2) is 0 Å². The molecule has 1 fully saturated rings. The Bertz CT molecular complexity index is 1090. The van der Waals surface area contributed by atoms with Crippen molar-refractivity contribution in [2.75, 3.05) is 18.9 Å². The number of hydrogen-bond donors (Lipinski definition) is 2. The van der Waals surface area contributed by atoms with Gasteiger partial charge < -0.3 is 10.2 Å². The van der Waals surface area contributed by atoms with Gasteiger partial charge in [-0.1, -0.05) is 38.3 Å². The van der Waals surface area contributed by atoms with Gasteiger partial charge in [0, 0.05) is 37.0 Å². The van der Waals surface area contributed by atoms with Crippen molar-refractivity contribution in [2.24, 2.45) is 0 Å². The molecule has 0 unspecified atom stereocenters. The molecule has 1 saturated carbocycles. The van der Waals surface area contributed by atoms with E-state index < -0.39 is 10.0 Å². The maximum absolute atomic E-state index is 12.7. The zero-order valence-corrected chi connectivity index (χ0v) is 19.9. The Morgan fingerprint density at radius 2 is 1.64 bits per heavy atom. The summed E-state index contributed by atoms with van der Waals surface area (Å²) in [5, 5.41) is 2.77. The van der Waals surface area contributed by atoms with Crippen LogP contribution in [0.4, 0.5) is 5.69 Å². The molecule has 0 heterocycles. The van der Waals surface area contributed by atoms with Crippen molar-refractivity contribution in [3.05, 3.63) is 65.7 Å². The minimum atomic E-state index is -3.50. The highest BCUT2D eigenvalue weighted by Crippen LogP contribution is 2.23. The monoisotopic (exact) mass is 469 g/mol. The second-order valence-electron chi connectivity index (χ2n) is 8.18. The fourth-order valence-corrected chi connectivity index (χ4v) is 4.96. The highest BCUT2D eigenvalue weighted by molar-refractivity contribution is 7.89. The zero-order chi connectivity index (χ0) is 23.8. The topological polar surface area (TPSA) is 95.6 Å². The van der Waals surface area contributed by atoms with Crippen LogP contribution in [0, 0.1) is 0 Å². The molecular formula is C25H31N3O4S. The molecule has 7 nitrogen and oxygen atoms in total. The fourth-order valence-electron chi connectivity index (χ4n) is 3.92. The molecule has 2 aromatic rings. The average molecular weight is 470 g/mol. The van der Waals surface area contributed by atoms with E-state index in [4.69, 9.17) is 0 Å². The Morgan fingerprint density at radius 3 is 2.24 bits per heavy atom. The number of anilines is 1. The Labute approximate surface area is 195 Å². The highest BCUT2D eigenvalue weighted by atomic mass is 32.2. The van der Waals surface area contributed by atoms with Crippen LogP contribution >= 0.6 is 0 Å². The van der Waals surface area contributed by atoms with E-state index in [1.807, 2.05) is 11.9 Å². The molecule has 3 rings (SSSR count). The molecule has 0 saturated heterocycles. The number of nitrogens with zero attached hydrogens (tertiary/aromatic N) is 1. The summed E-state index contributed by atoms with van der Waals surface area (Å²) >= 11 is 0. The lowest BCUT2D eigenvalue weighted by atomic mass is 9.94. The van der Waals surface area contributed by atoms with E-state index in [2.05, 4.69) is 10.0 Å². The van der Waals surface area contributed by atoms with Crippen LogP contribution in [0.25, 0.3) is 6.08 Å². The van der Waals surface area contributed by atoms with E-state index in [1.54, 1.807) is 49.4 Å². The lowest BCUT2D eigenvalue weighted by molar-refractivity contribution is -0.111. The van der Waals surface area contributed by atoms with Crippen LogP contribution in [-0.2, 0) is 14.8 Å². The van der Waals surface area contributed by atoms with Crippen LogP contribution in [0.2, 0.25) is 0 Å². The Kier molecular flexibility index (Phi) is 8.41. The number of hydrogen-bond acceptors (Lipinski definition) is 4. The molecular weight excluding hydrogens is 438 g/mol. The first-order valence-electron chi connectivity index (χ1n) is 11.3. The van der Waals surface area contributed by atoms with E-state index in [0.717, 1.165) is 12.8 Å². The van der Waals surface area contributed by atoms with Crippen LogP contribution in [0.3, 0.4) is 0 Å². The highest BCUT2D eigenvalue weighted by Gasteiger charge is 2.22. The van der Waals surface area contributed by atoms with Crippen LogP contribution in [-0.4, -0.2) is 44.8 Å². The van der Waals surface area contributed by atoms with Crippen LogP contribution < -0.4 is 10.0 Å². The van der Waals surface area contributed by atoms with Crippen molar-refractivity contribution in [1.29, 1.82) is 0 Å². The van der Waals surface area contributed by atoms with Crippen LogP contribution in [0.1, 0.15) is 54.9 Å². The zero-order valence-electron chi connectivity index (χ0n) is 19.1. The summed E-state index contributed by atoms with van der Waals surface area (Å²) in [6, 6.07) is 13.4. The van der Waals surface area contributed by atoms with Gasteiger partial charge in [0.1, 0.15) is 0 Å². The van der Waals surface area contributed by atoms with Gasteiger partial charge in [-0.05, 0) is 60.9 Å². The van der Waals surface area contributed by atoms with E-state index >= 15 is 0 Å². The standard InChI is InChI=1S/C25H31N3O4S/c1-3-26-33(31,32)23-16-9-19(10-17-23)11-18-24(29)27-21-14-12-20(13-15-21)25(30)28(2)22-7-5-4-6-8-22/h9-18,22,26H,3-8H2,1-2H3,(H,27,29). The molecule has 1 aliphatic rings. The predicted octanol–water partition coefficient (Wildman–Crippen LogP) is 4.04. The van der Waals surface area contributed by atoms with E-state index in [1.165, 1.54) is 37.5 Å². The second kappa shape index (κ2) is 11.2. The Morgan fingerprint density at radius 1 is 1.00 bits per heavy atom. The molecule has 0 aromatic heterocycles. The van der Waals surface area contributed by atoms with Crippen molar-refractivity contribution < 1.29 is 18.0 Å². The number of sulfonamides is 1. The van der Waals surface area contributed by atoms with Gasteiger partial charge in [-0.3, -0.25) is 9.59 Å². The fraction of sp³-hybridized carbons (Fsp3) is 0.360. The molecule has 2 aromatic carbocycles. The quantitative estimate of drug-likeness (QED) is 0.571. The molecule has 1 aliphatic carbocycles. The first kappa shape index (κ1) is 24.7. The first-order valence-corrected chi connectivity index (χ1v) is 12.7. The molecule has 0 atom stereocenters. The molecule has 8 heteroatoms. The number of rotatable bonds is 8. The molecule has 2 N–H and O–H groups in total. The molecule has 0 radical (unpaired) electrons. The summed E-state index contributed by atoms with van der Waals surface area (Å²) in [6.07, 6.45) is 8.67. The van der Waals surface area contributed by atoms with Crippen LogP contribution in [0.15, 0.2) is 59.5 Å². The van der Waals surface area contributed by atoms with Gasteiger partial charge in [-0.2, -0.15) is 0 Å². The molecule has 33 heavy (non-hydrogen) atoms. The summed E-state index contributed by atoms with van der Waals surface area (Å²) in [6.45, 7) is 2.03. The van der Waals surface area contributed by atoms with E-state index in [0.29, 0.717) is 29.4 Å². The maximum atomic E-state index is 12.7. The largest absolute Gasteiger partial charge is 0.339 e. The van der Waals surface area contributed by atoms with Crippen LogP contribution in [0.5, 0.6) is 0 Å². The van der Waals surface area contributed by atoms with Crippen molar-refractivity contribution >= 4 is 33.6 Å². The van der Waals surface area contributed by atoms with Gasteiger partial charge in [0.05, 0.1) is 4.90 Å². The van der Waals surface area contributed by atoms with Crippen molar-refractivity contribution in [3.8, 4) is 0 Å². The minimum Gasteiger partial charge on any atom is -0.339 e. The third-order valence-corrected chi connectivity index (χ3v) is 7.36. The third kappa shape index (κ3) is 6.76. The van der Waals surface area contributed by atoms with Crippen molar-refractivity contribution in [2.45, 2.75) is 50.0 Å². The number of nitrogens with one attached hydrogen (secondary N) is 2. The third-order valence-electron chi connectivity index (χ3n) is 5.79. The summed E-state index contributed by atoms with van der Waals surface area (Å²) in [4.78, 5) is 27.0. The summed E-state index contributed by atoms with van der Waals surface area (Å²) in [5.74, 6) is -0.322. The van der Waals surface area contributed by atoms with Gasteiger partial charge in [0.2, 0.25) is 15.9 Å².